The summed E-state index contributed by atoms with van der Waals surface area (Å²) >= 11 is 2.41. The smallest absolute Gasteiger partial charge is 0.147 e. The summed E-state index contributed by atoms with van der Waals surface area (Å²) < 4.78 is 48.3. The van der Waals surface area contributed by atoms with E-state index in [-0.39, 0.29) is 78.8 Å². The van der Waals surface area contributed by atoms with Gasteiger partial charge in [0.2, 0.25) is 0 Å². The molecule has 2 unspecified atom stereocenters. The Morgan fingerprint density at radius 3 is 1.52 bits per heavy atom. The SMILES string of the molecule is CC(C)OC1=C([CH]=[Ru])C=C(NC(=O)C(F)(F)F)CC1=C1NC(c2c(C(C)C)cccc2C(C)C)C(c2c(C(C)C)cccc2C(C)C)N1.Cl.Cl. The molecular weight excluding hydrogens is 771 g/mol. The number of benzene rings is 2. The van der Waals surface area contributed by atoms with Crippen molar-refractivity contribution in [3.05, 3.63) is 104 Å². The second-order valence-corrected chi connectivity index (χ2v) is 14.8. The van der Waals surface area contributed by atoms with Gasteiger partial charge in [-0.15, -0.1) is 24.8 Å². The van der Waals surface area contributed by atoms with Crippen molar-refractivity contribution >= 4 is 35.3 Å². The standard InChI is InChI=1S/C39H50F3N3O2.2ClH.Ru/c1-20(2)27-14-12-15-28(21(3)4)32(27)34-35(33-29(22(5)6)16-13-17-30(33)23(7)8)45-37(44-34)31-19-26(43-38(46)39(40,41)42)18-25(11)36(31)47-24(9)10;;;/h11-18,20-24,34-35,44-45H,19H2,1-10H3,(H,43,46);2*1H;. The molecule has 11 heteroatoms. The molecule has 5 nitrogen and oxygen atoms in total. The number of nitrogens with one attached hydrogen (secondary N) is 3. The number of amides is 1. The molecule has 278 valence electrons. The van der Waals surface area contributed by atoms with Gasteiger partial charge in [0.15, 0.2) is 0 Å². The molecule has 3 N–H and O–H groups in total. The summed E-state index contributed by atoms with van der Waals surface area (Å²) in [4.78, 5) is 12.1. The number of carbonyl (C=O) groups is 1. The van der Waals surface area contributed by atoms with Crippen molar-refractivity contribution in [3.63, 3.8) is 0 Å². The Hall–Kier alpha value is -2.61. The van der Waals surface area contributed by atoms with Gasteiger partial charge in [-0.25, -0.2) is 0 Å². The van der Waals surface area contributed by atoms with Crippen LogP contribution in [0.5, 0.6) is 0 Å². The van der Waals surface area contributed by atoms with E-state index >= 15 is 0 Å². The average Bonchev–Trinajstić information content (AvgIpc) is 3.44. The monoisotopic (exact) mass is 823 g/mol. The Balaban J connectivity index is 0.00000433. The minimum absolute atomic E-state index is 0. The first kappa shape index (κ1) is 43.6. The minimum Gasteiger partial charge on any atom is -0.147 e. The molecule has 2 aromatic rings. The van der Waals surface area contributed by atoms with E-state index in [1.165, 1.54) is 33.4 Å². The topological polar surface area (TPSA) is 62.4 Å². The van der Waals surface area contributed by atoms with Crippen LogP contribution in [-0.2, 0) is 27.4 Å². The number of hydrogen-bond donors (Lipinski definition) is 3. The van der Waals surface area contributed by atoms with E-state index in [1.807, 2.05) is 13.8 Å². The number of rotatable bonds is 10. The Morgan fingerprint density at radius 2 is 1.20 bits per heavy atom. The Labute approximate surface area is 318 Å². The van der Waals surface area contributed by atoms with Gasteiger partial charge in [-0.05, 0) is 0 Å². The number of alkyl halides is 3. The van der Waals surface area contributed by atoms with Gasteiger partial charge < -0.3 is 0 Å². The fraction of sp³-hybridized carbons (Fsp3) is 0.487. The van der Waals surface area contributed by atoms with Crippen LogP contribution in [0.3, 0.4) is 0 Å². The van der Waals surface area contributed by atoms with Crippen LogP contribution in [0, 0.1) is 0 Å². The summed E-state index contributed by atoms with van der Waals surface area (Å²) in [7, 11) is 0. The zero-order chi connectivity index (χ0) is 35.7. The van der Waals surface area contributed by atoms with Gasteiger partial charge in [-0.2, -0.15) is 0 Å². The van der Waals surface area contributed by atoms with E-state index in [1.54, 1.807) is 10.7 Å². The molecule has 1 saturated heterocycles. The maximum Gasteiger partial charge on any atom is -0.147 e. The molecule has 1 heterocycles. The number of ether oxygens (including phenoxy) is 1. The third kappa shape index (κ3) is 9.43. The molecule has 2 aromatic carbocycles. The van der Waals surface area contributed by atoms with Crippen molar-refractivity contribution < 1.29 is 40.6 Å². The zero-order valence-corrected chi connectivity index (χ0v) is 33.9. The van der Waals surface area contributed by atoms with Gasteiger partial charge in [0, 0.05) is 0 Å². The summed E-state index contributed by atoms with van der Waals surface area (Å²) in [6.07, 6.45) is -3.62. The van der Waals surface area contributed by atoms with Crippen molar-refractivity contribution in [2.45, 2.75) is 124 Å². The zero-order valence-electron chi connectivity index (χ0n) is 30.5. The van der Waals surface area contributed by atoms with Crippen LogP contribution >= 0.6 is 24.8 Å². The van der Waals surface area contributed by atoms with E-state index in [2.05, 4.69) is 126 Å². The molecular formula is C39H52Cl2F3N3O2Ru. The molecule has 1 amide bonds. The molecule has 1 fully saturated rings. The molecule has 50 heavy (non-hydrogen) atoms. The van der Waals surface area contributed by atoms with Gasteiger partial charge >= 0.3 is 295 Å². The maximum absolute atomic E-state index is 13.4. The number of halogens is 5. The fourth-order valence-corrected chi connectivity index (χ4v) is 7.18. The molecule has 2 aliphatic rings. The van der Waals surface area contributed by atoms with Crippen LogP contribution in [0.2, 0.25) is 0 Å². The van der Waals surface area contributed by atoms with Crippen LogP contribution in [0.25, 0.3) is 0 Å². The minimum atomic E-state index is -5.01. The van der Waals surface area contributed by atoms with Crippen molar-refractivity contribution in [2.24, 2.45) is 0 Å². The largest absolute Gasteiger partial charge is 0.147 e. The Bertz CT molecular complexity index is 1520. The van der Waals surface area contributed by atoms with Crippen LogP contribution in [0.1, 0.15) is 145 Å². The van der Waals surface area contributed by atoms with Gasteiger partial charge in [0.1, 0.15) is 0 Å². The second kappa shape index (κ2) is 17.7. The summed E-state index contributed by atoms with van der Waals surface area (Å²) in [6, 6.07) is 12.7. The van der Waals surface area contributed by atoms with Crippen molar-refractivity contribution in [1.82, 2.24) is 16.0 Å². The molecule has 0 bridgehead atoms. The normalized spacial score (nSPS) is 17.9. The predicted molar refractivity (Wildman–Crippen MR) is 199 cm³/mol. The van der Waals surface area contributed by atoms with E-state index < -0.39 is 12.1 Å². The molecule has 2 atom stereocenters. The van der Waals surface area contributed by atoms with Crippen LogP contribution in [0.4, 0.5) is 13.2 Å². The summed E-state index contributed by atoms with van der Waals surface area (Å²) in [5.74, 6) is 0.251. The quantitative estimate of drug-likeness (QED) is 0.209. The van der Waals surface area contributed by atoms with Crippen molar-refractivity contribution in [2.75, 3.05) is 0 Å². The van der Waals surface area contributed by atoms with E-state index in [4.69, 9.17) is 4.74 Å². The van der Waals surface area contributed by atoms with Gasteiger partial charge in [-0.1, -0.05) is 0 Å². The Morgan fingerprint density at radius 1 is 0.800 bits per heavy atom. The van der Waals surface area contributed by atoms with Crippen LogP contribution < -0.4 is 16.0 Å². The summed E-state index contributed by atoms with van der Waals surface area (Å²) in [6.45, 7) is 21.5. The molecule has 0 radical (unpaired) electrons. The molecule has 0 spiro atoms. The van der Waals surface area contributed by atoms with E-state index in [0.29, 0.717) is 22.7 Å². The number of hydrogen-bond acceptors (Lipinski definition) is 4. The summed E-state index contributed by atoms with van der Waals surface area (Å²) in [5.41, 5.74) is 8.84. The summed E-state index contributed by atoms with van der Waals surface area (Å²) in [5, 5.41) is 9.87. The molecule has 0 saturated carbocycles. The van der Waals surface area contributed by atoms with Crippen LogP contribution in [0.15, 0.2) is 70.9 Å². The van der Waals surface area contributed by atoms with Crippen LogP contribution in [-0.4, -0.2) is 22.8 Å². The van der Waals surface area contributed by atoms with Crippen molar-refractivity contribution in [3.8, 4) is 0 Å². The Kier molecular flexibility index (Phi) is 15.5. The molecule has 1 aliphatic carbocycles. The maximum atomic E-state index is 13.4. The average molecular weight is 824 g/mol. The van der Waals surface area contributed by atoms with Gasteiger partial charge in [0.05, 0.1) is 0 Å². The van der Waals surface area contributed by atoms with Crippen molar-refractivity contribution in [1.29, 1.82) is 0 Å². The third-order valence-corrected chi connectivity index (χ3v) is 9.46. The molecule has 0 aromatic heterocycles. The molecule has 4 rings (SSSR count). The number of allylic oxidation sites excluding steroid dienone is 4. The third-order valence-electron chi connectivity index (χ3n) is 8.92. The fourth-order valence-electron chi connectivity index (χ4n) is 6.81. The molecule has 1 aliphatic heterocycles. The predicted octanol–water partition coefficient (Wildman–Crippen LogP) is 10.2. The number of carbonyl (C=O) groups excluding carboxylic acids is 1. The van der Waals surface area contributed by atoms with Gasteiger partial charge in [0.25, 0.3) is 0 Å². The van der Waals surface area contributed by atoms with Gasteiger partial charge in [-0.3, -0.25) is 0 Å². The first-order valence-electron chi connectivity index (χ1n) is 16.9. The van der Waals surface area contributed by atoms with E-state index in [0.717, 1.165) is 0 Å². The first-order valence-corrected chi connectivity index (χ1v) is 17.9. The first-order chi connectivity index (χ1) is 22.5. The van der Waals surface area contributed by atoms with E-state index in [9.17, 15) is 18.0 Å². The second-order valence-electron chi connectivity index (χ2n) is 14.3.